The van der Waals surface area contributed by atoms with Gasteiger partial charge in [0, 0.05) is 13.1 Å². The summed E-state index contributed by atoms with van der Waals surface area (Å²) in [7, 11) is 0. The molecule has 0 unspecified atom stereocenters. The first kappa shape index (κ1) is 9.91. The van der Waals surface area contributed by atoms with Gasteiger partial charge in [-0.1, -0.05) is 32.4 Å². The van der Waals surface area contributed by atoms with Crippen molar-refractivity contribution in [1.82, 2.24) is 4.90 Å². The van der Waals surface area contributed by atoms with Crippen molar-refractivity contribution in [1.29, 1.82) is 0 Å². The van der Waals surface area contributed by atoms with Crippen molar-refractivity contribution in [2.24, 2.45) is 5.41 Å². The molecule has 0 amide bonds. The highest BCUT2D eigenvalue weighted by Crippen LogP contribution is 2.24. The number of likely N-dealkylation sites (tertiary alicyclic amines) is 1. The number of allylic oxidation sites excluding steroid dienone is 1. The van der Waals surface area contributed by atoms with E-state index in [2.05, 4.69) is 31.7 Å². The zero-order valence-electron chi connectivity index (χ0n) is 8.23. The molecule has 0 aliphatic carbocycles. The maximum atomic E-state index is 6.16. The Kier molecular flexibility index (Phi) is 3.05. The van der Waals surface area contributed by atoms with Gasteiger partial charge in [-0.3, -0.25) is 0 Å². The van der Waals surface area contributed by atoms with Crippen LogP contribution in [0.2, 0.25) is 0 Å². The second kappa shape index (κ2) is 3.69. The van der Waals surface area contributed by atoms with Crippen LogP contribution in [-0.2, 0) is 0 Å². The van der Waals surface area contributed by atoms with Crippen LogP contribution >= 0.6 is 11.6 Å². The summed E-state index contributed by atoms with van der Waals surface area (Å²) in [5, 5.41) is 0.931. The standard InChI is InChI=1S/C10H18ClN/c1-10(2,3)8-9(11)12-6-4-5-7-12/h8H,4-7H2,1-3H3/b9-8-. The van der Waals surface area contributed by atoms with E-state index in [1.54, 1.807) is 0 Å². The van der Waals surface area contributed by atoms with Crippen LogP contribution in [0.3, 0.4) is 0 Å². The zero-order valence-corrected chi connectivity index (χ0v) is 8.99. The van der Waals surface area contributed by atoms with Crippen LogP contribution < -0.4 is 0 Å². The summed E-state index contributed by atoms with van der Waals surface area (Å²) in [5.41, 5.74) is 0.194. The minimum atomic E-state index is 0.194. The quantitative estimate of drug-likeness (QED) is 0.570. The Morgan fingerprint density at radius 2 is 1.75 bits per heavy atom. The molecule has 70 valence electrons. The van der Waals surface area contributed by atoms with Crippen molar-refractivity contribution in [3.05, 3.63) is 11.2 Å². The first-order valence-electron chi connectivity index (χ1n) is 4.62. The highest BCUT2D eigenvalue weighted by Gasteiger charge is 2.15. The van der Waals surface area contributed by atoms with Crippen LogP contribution in [0.5, 0.6) is 0 Å². The molecule has 1 aliphatic heterocycles. The predicted octanol–water partition coefficient (Wildman–Crippen LogP) is 3.21. The summed E-state index contributed by atoms with van der Waals surface area (Å²) >= 11 is 6.16. The number of hydrogen-bond donors (Lipinski definition) is 0. The SMILES string of the molecule is CC(C)(C)/C=C(/Cl)N1CCCC1. The van der Waals surface area contributed by atoms with Crippen molar-refractivity contribution in [3.8, 4) is 0 Å². The average molecular weight is 188 g/mol. The van der Waals surface area contributed by atoms with E-state index in [-0.39, 0.29) is 5.41 Å². The van der Waals surface area contributed by atoms with E-state index >= 15 is 0 Å². The maximum Gasteiger partial charge on any atom is 0.101 e. The predicted molar refractivity (Wildman–Crippen MR) is 54.2 cm³/mol. The Hall–Kier alpha value is -0.170. The van der Waals surface area contributed by atoms with Crippen LogP contribution in [0.4, 0.5) is 0 Å². The lowest BCUT2D eigenvalue weighted by Crippen LogP contribution is -2.17. The van der Waals surface area contributed by atoms with Crippen molar-refractivity contribution in [2.75, 3.05) is 13.1 Å². The smallest absolute Gasteiger partial charge is 0.101 e. The molecule has 12 heavy (non-hydrogen) atoms. The Morgan fingerprint density at radius 1 is 1.25 bits per heavy atom. The highest BCUT2D eigenvalue weighted by atomic mass is 35.5. The molecule has 1 heterocycles. The molecule has 1 rings (SSSR count). The summed E-state index contributed by atoms with van der Waals surface area (Å²) in [6.07, 6.45) is 4.71. The van der Waals surface area contributed by atoms with Gasteiger partial charge in [-0.15, -0.1) is 0 Å². The minimum absolute atomic E-state index is 0.194. The van der Waals surface area contributed by atoms with Gasteiger partial charge in [0.15, 0.2) is 0 Å². The lowest BCUT2D eigenvalue weighted by Gasteiger charge is -2.20. The van der Waals surface area contributed by atoms with E-state index in [1.807, 2.05) is 0 Å². The zero-order chi connectivity index (χ0) is 9.19. The van der Waals surface area contributed by atoms with Crippen LogP contribution in [0.1, 0.15) is 33.6 Å². The Morgan fingerprint density at radius 3 is 2.17 bits per heavy atom. The van der Waals surface area contributed by atoms with Crippen molar-refractivity contribution in [3.63, 3.8) is 0 Å². The topological polar surface area (TPSA) is 3.24 Å². The van der Waals surface area contributed by atoms with Crippen molar-refractivity contribution < 1.29 is 0 Å². The van der Waals surface area contributed by atoms with Crippen LogP contribution in [-0.4, -0.2) is 18.0 Å². The summed E-state index contributed by atoms with van der Waals surface area (Å²) in [6.45, 7) is 8.78. The van der Waals surface area contributed by atoms with Gasteiger partial charge in [0.05, 0.1) is 0 Å². The van der Waals surface area contributed by atoms with E-state index in [4.69, 9.17) is 11.6 Å². The number of rotatable bonds is 1. The Bertz CT molecular complexity index is 173. The van der Waals surface area contributed by atoms with Gasteiger partial charge in [0.1, 0.15) is 5.16 Å². The third-order valence-electron chi connectivity index (χ3n) is 1.96. The fraction of sp³-hybridized carbons (Fsp3) is 0.800. The molecule has 0 aromatic heterocycles. The normalized spacial score (nSPS) is 20.3. The average Bonchev–Trinajstić information content (AvgIpc) is 2.32. The molecule has 0 N–H and O–H groups in total. The molecule has 0 spiro atoms. The van der Waals surface area contributed by atoms with Crippen molar-refractivity contribution >= 4 is 11.6 Å². The molecule has 2 heteroatoms. The van der Waals surface area contributed by atoms with E-state index < -0.39 is 0 Å². The number of nitrogens with zero attached hydrogens (tertiary/aromatic N) is 1. The van der Waals surface area contributed by atoms with Gasteiger partial charge in [-0.05, 0) is 24.3 Å². The van der Waals surface area contributed by atoms with Crippen LogP contribution in [0.15, 0.2) is 11.2 Å². The molecular weight excluding hydrogens is 170 g/mol. The lowest BCUT2D eigenvalue weighted by molar-refractivity contribution is 0.436. The second-order valence-electron chi connectivity index (χ2n) is 4.53. The summed E-state index contributed by atoms with van der Waals surface area (Å²) < 4.78 is 0. The minimum Gasteiger partial charge on any atom is -0.363 e. The molecule has 0 bridgehead atoms. The molecule has 0 aromatic rings. The van der Waals surface area contributed by atoms with E-state index in [0.29, 0.717) is 0 Å². The monoisotopic (exact) mass is 187 g/mol. The van der Waals surface area contributed by atoms with Gasteiger partial charge >= 0.3 is 0 Å². The fourth-order valence-corrected chi connectivity index (χ4v) is 1.88. The number of hydrogen-bond acceptors (Lipinski definition) is 1. The number of halogens is 1. The summed E-state index contributed by atoms with van der Waals surface area (Å²) in [6, 6.07) is 0. The van der Waals surface area contributed by atoms with Gasteiger partial charge in [-0.25, -0.2) is 0 Å². The van der Waals surface area contributed by atoms with E-state index in [9.17, 15) is 0 Å². The molecule has 1 nitrogen and oxygen atoms in total. The first-order valence-corrected chi connectivity index (χ1v) is 5.00. The van der Waals surface area contributed by atoms with Gasteiger partial charge in [0.25, 0.3) is 0 Å². The molecule has 0 radical (unpaired) electrons. The highest BCUT2D eigenvalue weighted by molar-refractivity contribution is 6.29. The molecule has 1 fully saturated rings. The largest absolute Gasteiger partial charge is 0.363 e. The summed E-state index contributed by atoms with van der Waals surface area (Å²) in [5.74, 6) is 0. The third-order valence-corrected chi connectivity index (χ3v) is 2.31. The Balaban J connectivity index is 2.56. The molecule has 0 atom stereocenters. The molecule has 1 aliphatic rings. The molecule has 1 saturated heterocycles. The summed E-state index contributed by atoms with van der Waals surface area (Å²) in [4.78, 5) is 2.26. The van der Waals surface area contributed by atoms with E-state index in [1.165, 1.54) is 12.8 Å². The second-order valence-corrected chi connectivity index (χ2v) is 4.91. The first-order chi connectivity index (χ1) is 5.49. The molecular formula is C10H18ClN. The Labute approximate surface area is 80.4 Å². The third kappa shape index (κ3) is 3.06. The van der Waals surface area contributed by atoms with Crippen LogP contribution in [0, 0.1) is 5.41 Å². The fourth-order valence-electron chi connectivity index (χ4n) is 1.38. The lowest BCUT2D eigenvalue weighted by atomic mass is 9.97. The van der Waals surface area contributed by atoms with E-state index in [0.717, 1.165) is 18.2 Å². The molecule has 0 aromatic carbocycles. The van der Waals surface area contributed by atoms with Crippen molar-refractivity contribution in [2.45, 2.75) is 33.6 Å². The molecule has 0 saturated carbocycles. The van der Waals surface area contributed by atoms with Gasteiger partial charge < -0.3 is 4.90 Å². The van der Waals surface area contributed by atoms with Crippen LogP contribution in [0.25, 0.3) is 0 Å². The van der Waals surface area contributed by atoms with Gasteiger partial charge in [0.2, 0.25) is 0 Å². The van der Waals surface area contributed by atoms with Gasteiger partial charge in [-0.2, -0.15) is 0 Å². The maximum absolute atomic E-state index is 6.16.